The molecule has 2 aliphatic carbocycles. The maximum absolute atomic E-state index is 13.1. The third kappa shape index (κ3) is 4.51. The number of aromatic nitrogens is 4. The molecule has 10 nitrogen and oxygen atoms in total. The summed E-state index contributed by atoms with van der Waals surface area (Å²) < 4.78 is 18.6. The quantitative estimate of drug-likeness (QED) is 0.459. The fourth-order valence-electron chi connectivity index (χ4n) is 4.94. The minimum atomic E-state index is -0.288. The van der Waals surface area contributed by atoms with E-state index in [9.17, 15) is 9.59 Å². The number of nitrogens with zero attached hydrogens (tertiary/aromatic N) is 4. The highest BCUT2D eigenvalue weighted by atomic mass is 16.5. The van der Waals surface area contributed by atoms with Gasteiger partial charge in [-0.2, -0.15) is 10.2 Å². The summed E-state index contributed by atoms with van der Waals surface area (Å²) in [4.78, 5) is 25.1. The molecule has 2 aromatic heterocycles. The van der Waals surface area contributed by atoms with Crippen LogP contribution in [-0.2, 0) is 34.5 Å². The van der Waals surface area contributed by atoms with E-state index < -0.39 is 0 Å². The molecule has 0 radical (unpaired) electrons. The average Bonchev–Trinajstić information content (AvgIpc) is 3.21. The first-order chi connectivity index (χ1) is 17.4. The fourth-order valence-corrected chi connectivity index (χ4v) is 4.94. The van der Waals surface area contributed by atoms with Crippen molar-refractivity contribution < 1.29 is 23.8 Å². The molecule has 1 N–H and O–H groups in total. The van der Waals surface area contributed by atoms with E-state index in [0.29, 0.717) is 30.4 Å². The lowest BCUT2D eigenvalue weighted by atomic mass is 10.1. The number of allylic oxidation sites excluding steroid dienone is 2. The lowest BCUT2D eigenvalue weighted by molar-refractivity contribution is -0.142. The number of esters is 1. The Balaban J connectivity index is 1.41. The molecular weight excluding hydrogens is 462 g/mol. The topological polar surface area (TPSA) is 109 Å². The maximum Gasteiger partial charge on any atom is 0.309 e. The Morgan fingerprint density at radius 2 is 1.89 bits per heavy atom. The Kier molecular flexibility index (Phi) is 6.36. The van der Waals surface area contributed by atoms with Crippen molar-refractivity contribution in [1.82, 2.24) is 19.6 Å². The van der Waals surface area contributed by atoms with Gasteiger partial charge in [-0.15, -0.1) is 0 Å². The van der Waals surface area contributed by atoms with E-state index in [1.165, 1.54) is 11.8 Å². The molecule has 0 bridgehead atoms. The standard InChI is InChI=1S/C26H29N5O5/c1-30-22(11-17(28-30)14-34-2)25(32)27-23-12-21(16-9-19-20(10-16)24(19)26(33)36-4)29-31(23)13-15-5-7-18(35-3)8-6-15/h5-9,11-12,19-20,24H,10,13-14H2,1-4H3,(H,27,32)/t19-,20+,24+/m1/s1. The second-order valence-corrected chi connectivity index (χ2v) is 9.14. The van der Waals surface area contributed by atoms with Gasteiger partial charge < -0.3 is 19.5 Å². The first-order valence-corrected chi connectivity index (χ1v) is 11.7. The third-order valence-electron chi connectivity index (χ3n) is 6.85. The summed E-state index contributed by atoms with van der Waals surface area (Å²) in [5.74, 6) is 1.33. The number of rotatable bonds is 9. The van der Waals surface area contributed by atoms with Crippen LogP contribution in [0, 0.1) is 17.8 Å². The number of nitrogens with one attached hydrogen (secondary N) is 1. The summed E-state index contributed by atoms with van der Waals surface area (Å²) in [7, 11) is 6.37. The zero-order valence-electron chi connectivity index (χ0n) is 20.7. The number of ether oxygens (including phenoxy) is 3. The highest BCUT2D eigenvalue weighted by Gasteiger charge is 2.57. The van der Waals surface area contributed by atoms with E-state index in [0.717, 1.165) is 29.0 Å². The van der Waals surface area contributed by atoms with Gasteiger partial charge in [0.1, 0.15) is 17.3 Å². The van der Waals surface area contributed by atoms with Gasteiger partial charge in [0.25, 0.3) is 5.91 Å². The van der Waals surface area contributed by atoms with Gasteiger partial charge in [-0.1, -0.05) is 18.2 Å². The van der Waals surface area contributed by atoms with Crippen molar-refractivity contribution in [3.63, 3.8) is 0 Å². The zero-order chi connectivity index (χ0) is 25.4. The molecule has 0 unspecified atom stereocenters. The van der Waals surface area contributed by atoms with Crippen LogP contribution in [0.1, 0.15) is 33.9 Å². The molecule has 5 rings (SSSR count). The molecule has 0 saturated heterocycles. The second-order valence-electron chi connectivity index (χ2n) is 9.14. The van der Waals surface area contributed by atoms with Gasteiger partial charge in [0.15, 0.2) is 0 Å². The van der Waals surface area contributed by atoms with Crippen LogP contribution in [-0.4, -0.2) is 52.8 Å². The summed E-state index contributed by atoms with van der Waals surface area (Å²) >= 11 is 0. The molecule has 2 heterocycles. The van der Waals surface area contributed by atoms with Crippen molar-refractivity contribution in [3.8, 4) is 5.75 Å². The van der Waals surface area contributed by atoms with Gasteiger partial charge in [-0.05, 0) is 47.6 Å². The minimum absolute atomic E-state index is 0.0505. The summed E-state index contributed by atoms with van der Waals surface area (Å²) in [6.45, 7) is 0.786. The van der Waals surface area contributed by atoms with Crippen molar-refractivity contribution in [2.24, 2.45) is 24.8 Å². The van der Waals surface area contributed by atoms with Gasteiger partial charge in [0, 0.05) is 20.2 Å². The number of aryl methyl sites for hydroxylation is 1. The lowest BCUT2D eigenvalue weighted by Gasteiger charge is -2.10. The molecule has 2 aliphatic rings. The van der Waals surface area contributed by atoms with E-state index in [1.807, 2.05) is 30.3 Å². The summed E-state index contributed by atoms with van der Waals surface area (Å²) in [6, 6.07) is 11.3. The molecule has 1 aromatic carbocycles. The van der Waals surface area contributed by atoms with Gasteiger partial charge in [-0.25, -0.2) is 4.68 Å². The molecule has 3 atom stereocenters. The summed E-state index contributed by atoms with van der Waals surface area (Å²) in [5.41, 5.74) is 3.98. The van der Waals surface area contributed by atoms with Crippen molar-refractivity contribution in [2.75, 3.05) is 26.6 Å². The number of benzene rings is 1. The normalized spacial score (nSPS) is 20.0. The van der Waals surface area contributed by atoms with Crippen molar-refractivity contribution in [2.45, 2.75) is 19.6 Å². The third-order valence-corrected chi connectivity index (χ3v) is 6.85. The van der Waals surface area contributed by atoms with E-state index in [4.69, 9.17) is 19.3 Å². The van der Waals surface area contributed by atoms with Gasteiger partial charge in [-0.3, -0.25) is 14.3 Å². The zero-order valence-corrected chi connectivity index (χ0v) is 20.7. The number of methoxy groups -OCH3 is 3. The molecule has 3 aromatic rings. The molecule has 0 spiro atoms. The molecule has 1 saturated carbocycles. The van der Waals surface area contributed by atoms with Crippen LogP contribution in [0.4, 0.5) is 5.82 Å². The van der Waals surface area contributed by atoms with E-state index in [2.05, 4.69) is 16.5 Å². The Morgan fingerprint density at radius 3 is 2.53 bits per heavy atom. The van der Waals surface area contributed by atoms with E-state index in [-0.39, 0.29) is 29.6 Å². The van der Waals surface area contributed by atoms with Crippen LogP contribution in [0.2, 0.25) is 0 Å². The highest BCUT2D eigenvalue weighted by Crippen LogP contribution is 2.58. The average molecular weight is 492 g/mol. The molecule has 1 amide bonds. The van der Waals surface area contributed by atoms with E-state index in [1.54, 1.807) is 32.0 Å². The summed E-state index contributed by atoms with van der Waals surface area (Å²) in [6.07, 6.45) is 2.88. The maximum atomic E-state index is 13.1. The number of fused-ring (bicyclic) bond motifs is 1. The van der Waals surface area contributed by atoms with Crippen molar-refractivity contribution in [3.05, 3.63) is 65.1 Å². The summed E-state index contributed by atoms with van der Waals surface area (Å²) in [5, 5.41) is 12.2. The van der Waals surface area contributed by atoms with Crippen LogP contribution in [0.25, 0.3) is 5.57 Å². The van der Waals surface area contributed by atoms with E-state index >= 15 is 0 Å². The van der Waals surface area contributed by atoms with Crippen LogP contribution >= 0.6 is 0 Å². The Morgan fingerprint density at radius 1 is 1.11 bits per heavy atom. The lowest BCUT2D eigenvalue weighted by Crippen LogP contribution is -2.19. The number of hydrogen-bond donors (Lipinski definition) is 1. The first-order valence-electron chi connectivity index (χ1n) is 11.7. The molecular formula is C26H29N5O5. The van der Waals surface area contributed by atoms with Gasteiger partial charge >= 0.3 is 5.97 Å². The predicted molar refractivity (Wildman–Crippen MR) is 131 cm³/mol. The fraction of sp³-hybridized carbons (Fsp3) is 0.385. The SMILES string of the molecule is COCc1cc(C(=O)Nc2cc(C3=C[C@@H]4[C@H](C3)[C@H]4C(=O)OC)nn2Cc2ccc(OC)cc2)n(C)n1. The monoisotopic (exact) mass is 491 g/mol. The van der Waals surface area contributed by atoms with Crippen molar-refractivity contribution in [1.29, 1.82) is 0 Å². The first kappa shape index (κ1) is 23.8. The number of anilines is 1. The van der Waals surface area contributed by atoms with Crippen LogP contribution in [0.15, 0.2) is 42.5 Å². The molecule has 10 heteroatoms. The second kappa shape index (κ2) is 9.62. The van der Waals surface area contributed by atoms with Crippen LogP contribution in [0.3, 0.4) is 0 Å². The highest BCUT2D eigenvalue weighted by molar-refractivity contribution is 6.02. The molecule has 188 valence electrons. The Bertz CT molecular complexity index is 1320. The smallest absolute Gasteiger partial charge is 0.309 e. The predicted octanol–water partition coefficient (Wildman–Crippen LogP) is 2.89. The minimum Gasteiger partial charge on any atom is -0.497 e. The van der Waals surface area contributed by atoms with Crippen LogP contribution in [0.5, 0.6) is 5.75 Å². The number of amides is 1. The number of carbonyl (C=O) groups excluding carboxylic acids is 2. The molecule has 1 fully saturated rings. The number of carbonyl (C=O) groups is 2. The van der Waals surface area contributed by atoms with Gasteiger partial charge in [0.05, 0.1) is 44.7 Å². The largest absolute Gasteiger partial charge is 0.497 e. The Labute approximate surface area is 208 Å². The van der Waals surface area contributed by atoms with Gasteiger partial charge in [0.2, 0.25) is 0 Å². The van der Waals surface area contributed by atoms with Crippen LogP contribution < -0.4 is 10.1 Å². The number of hydrogen-bond acceptors (Lipinski definition) is 7. The van der Waals surface area contributed by atoms with Crippen molar-refractivity contribution >= 4 is 23.3 Å². The molecule has 36 heavy (non-hydrogen) atoms. The molecule has 0 aliphatic heterocycles. The Hall–Kier alpha value is -3.92.